The van der Waals surface area contributed by atoms with Crippen molar-refractivity contribution in [2.75, 3.05) is 11.9 Å². The molecule has 0 bridgehead atoms. The number of carbonyl (C=O) groups is 2. The van der Waals surface area contributed by atoms with Gasteiger partial charge >= 0.3 is 0 Å². The molecule has 0 saturated carbocycles. The molecule has 2 amide bonds. The molecule has 0 atom stereocenters. The third-order valence-electron chi connectivity index (χ3n) is 2.65. The zero-order valence-corrected chi connectivity index (χ0v) is 11.3. The summed E-state index contributed by atoms with van der Waals surface area (Å²) in [5.41, 5.74) is 5.00. The van der Waals surface area contributed by atoms with Crippen molar-refractivity contribution in [2.45, 2.75) is 0 Å². The number of hydrogen-bond donors (Lipinski definition) is 2. The van der Waals surface area contributed by atoms with Gasteiger partial charge in [-0.3, -0.25) is 9.59 Å². The van der Waals surface area contributed by atoms with Gasteiger partial charge in [0.15, 0.2) is 6.61 Å². The minimum Gasteiger partial charge on any atom is -0.484 e. The summed E-state index contributed by atoms with van der Waals surface area (Å²) in [5.74, 6) is -2.78. The van der Waals surface area contributed by atoms with E-state index >= 15 is 0 Å². The molecule has 5 nitrogen and oxygen atoms in total. The summed E-state index contributed by atoms with van der Waals surface area (Å²) < 4.78 is 31.4. The van der Waals surface area contributed by atoms with Crippen LogP contribution in [0.3, 0.4) is 0 Å². The van der Waals surface area contributed by atoms with Gasteiger partial charge in [-0.1, -0.05) is 6.07 Å². The molecule has 22 heavy (non-hydrogen) atoms. The van der Waals surface area contributed by atoms with E-state index in [0.29, 0.717) is 17.5 Å². The monoisotopic (exact) mass is 306 g/mol. The number of carbonyl (C=O) groups excluding carboxylic acids is 2. The normalized spacial score (nSPS) is 10.1. The highest BCUT2D eigenvalue weighted by Crippen LogP contribution is 2.19. The Morgan fingerprint density at radius 1 is 1.14 bits per heavy atom. The van der Waals surface area contributed by atoms with Crippen LogP contribution in [-0.4, -0.2) is 18.4 Å². The molecule has 0 aliphatic rings. The summed E-state index contributed by atoms with van der Waals surface area (Å²) in [5, 5.41) is 2.45. The second-order valence-electron chi connectivity index (χ2n) is 4.36. The van der Waals surface area contributed by atoms with Crippen LogP contribution in [0.5, 0.6) is 5.75 Å². The van der Waals surface area contributed by atoms with Crippen LogP contribution in [0, 0.1) is 11.6 Å². The minimum atomic E-state index is -0.960. The molecule has 7 heteroatoms. The minimum absolute atomic E-state index is 0.287. The fourth-order valence-corrected chi connectivity index (χ4v) is 1.69. The zero-order chi connectivity index (χ0) is 16.1. The first kappa shape index (κ1) is 15.4. The van der Waals surface area contributed by atoms with Gasteiger partial charge < -0.3 is 15.8 Å². The van der Waals surface area contributed by atoms with Crippen molar-refractivity contribution in [3.63, 3.8) is 0 Å². The van der Waals surface area contributed by atoms with Crippen LogP contribution in [-0.2, 0) is 4.79 Å². The molecule has 114 valence electrons. The number of rotatable bonds is 5. The van der Waals surface area contributed by atoms with Crippen LogP contribution in [0.15, 0.2) is 42.5 Å². The van der Waals surface area contributed by atoms with E-state index in [2.05, 4.69) is 5.32 Å². The average Bonchev–Trinajstić information content (AvgIpc) is 2.45. The first-order valence-electron chi connectivity index (χ1n) is 6.23. The van der Waals surface area contributed by atoms with Gasteiger partial charge in [-0.2, -0.15) is 0 Å². The molecule has 0 radical (unpaired) electrons. The van der Waals surface area contributed by atoms with Crippen molar-refractivity contribution in [2.24, 2.45) is 5.73 Å². The van der Waals surface area contributed by atoms with E-state index in [-0.39, 0.29) is 12.2 Å². The largest absolute Gasteiger partial charge is 0.484 e. The van der Waals surface area contributed by atoms with Crippen LogP contribution in [0.2, 0.25) is 0 Å². The van der Waals surface area contributed by atoms with Crippen molar-refractivity contribution >= 4 is 17.5 Å². The molecular formula is C15H12F2N2O3. The lowest BCUT2D eigenvalue weighted by atomic mass is 10.2. The van der Waals surface area contributed by atoms with Crippen LogP contribution in [0.1, 0.15) is 10.4 Å². The maximum atomic E-state index is 13.5. The van der Waals surface area contributed by atoms with E-state index in [1.54, 1.807) is 18.2 Å². The second kappa shape index (κ2) is 6.66. The van der Waals surface area contributed by atoms with Gasteiger partial charge in [0, 0.05) is 17.8 Å². The molecule has 0 aliphatic carbocycles. The van der Waals surface area contributed by atoms with Crippen LogP contribution in [0.4, 0.5) is 14.5 Å². The van der Waals surface area contributed by atoms with Crippen LogP contribution in [0.25, 0.3) is 0 Å². The summed E-state index contributed by atoms with van der Waals surface area (Å²) in [7, 11) is 0. The summed E-state index contributed by atoms with van der Waals surface area (Å²) in [6.07, 6.45) is 0. The number of ether oxygens (including phenoxy) is 1. The van der Waals surface area contributed by atoms with Gasteiger partial charge in [0.1, 0.15) is 17.4 Å². The Hall–Kier alpha value is -2.96. The molecule has 0 unspecified atom stereocenters. The topological polar surface area (TPSA) is 81.4 Å². The molecule has 2 rings (SSSR count). The number of primary amides is 1. The fourth-order valence-electron chi connectivity index (χ4n) is 1.69. The Morgan fingerprint density at radius 2 is 1.91 bits per heavy atom. The van der Waals surface area contributed by atoms with Crippen molar-refractivity contribution < 1.29 is 23.1 Å². The fraction of sp³-hybridized carbons (Fsp3) is 0.0667. The van der Waals surface area contributed by atoms with Gasteiger partial charge in [0.25, 0.3) is 11.8 Å². The highest BCUT2D eigenvalue weighted by molar-refractivity contribution is 6.04. The quantitative estimate of drug-likeness (QED) is 0.887. The van der Waals surface area contributed by atoms with E-state index in [4.69, 9.17) is 10.5 Å². The van der Waals surface area contributed by atoms with E-state index < -0.39 is 23.4 Å². The van der Waals surface area contributed by atoms with Crippen LogP contribution < -0.4 is 15.8 Å². The molecule has 2 aromatic carbocycles. The van der Waals surface area contributed by atoms with E-state index in [1.165, 1.54) is 6.07 Å². The number of nitrogens with one attached hydrogen (secondary N) is 1. The number of benzene rings is 2. The highest BCUT2D eigenvalue weighted by atomic mass is 19.1. The van der Waals surface area contributed by atoms with Crippen molar-refractivity contribution in [3.05, 3.63) is 59.7 Å². The molecule has 0 heterocycles. The average molecular weight is 306 g/mol. The van der Waals surface area contributed by atoms with E-state index in [9.17, 15) is 18.4 Å². The molecule has 0 fully saturated rings. The predicted octanol–water partition coefficient (Wildman–Crippen LogP) is 2.08. The lowest BCUT2D eigenvalue weighted by molar-refractivity contribution is -0.119. The van der Waals surface area contributed by atoms with Crippen molar-refractivity contribution in [3.8, 4) is 5.75 Å². The summed E-state index contributed by atoms with van der Waals surface area (Å²) in [6, 6.07) is 8.81. The predicted molar refractivity (Wildman–Crippen MR) is 75.4 cm³/mol. The van der Waals surface area contributed by atoms with E-state index in [0.717, 1.165) is 12.1 Å². The molecule has 3 N–H and O–H groups in total. The second-order valence-corrected chi connectivity index (χ2v) is 4.36. The Balaban J connectivity index is 2.11. The molecule has 0 aliphatic heterocycles. The smallest absolute Gasteiger partial charge is 0.258 e. The van der Waals surface area contributed by atoms with Crippen molar-refractivity contribution in [1.29, 1.82) is 0 Å². The van der Waals surface area contributed by atoms with Gasteiger partial charge in [0.05, 0.1) is 5.56 Å². The standard InChI is InChI=1S/C15H12F2N2O3/c16-9-4-5-12(13(17)6-9)15(21)19-10-2-1-3-11(7-10)22-8-14(18)20/h1-7H,8H2,(H2,18,20)(H,19,21). The Kier molecular flexibility index (Phi) is 4.67. The first-order chi connectivity index (χ1) is 10.5. The summed E-state index contributed by atoms with van der Waals surface area (Å²) >= 11 is 0. The third-order valence-corrected chi connectivity index (χ3v) is 2.65. The molecule has 0 saturated heterocycles. The molecule has 0 aromatic heterocycles. The lowest BCUT2D eigenvalue weighted by Gasteiger charge is -2.08. The van der Waals surface area contributed by atoms with Crippen LogP contribution >= 0.6 is 0 Å². The number of hydrogen-bond acceptors (Lipinski definition) is 3. The summed E-state index contributed by atoms with van der Waals surface area (Å²) in [6.45, 7) is -0.302. The van der Waals surface area contributed by atoms with Gasteiger partial charge in [0.2, 0.25) is 0 Å². The highest BCUT2D eigenvalue weighted by Gasteiger charge is 2.13. The molecule has 0 spiro atoms. The summed E-state index contributed by atoms with van der Waals surface area (Å²) in [4.78, 5) is 22.6. The maximum absolute atomic E-state index is 13.5. The molecule has 2 aromatic rings. The molecular weight excluding hydrogens is 294 g/mol. The van der Waals surface area contributed by atoms with Gasteiger partial charge in [-0.15, -0.1) is 0 Å². The Morgan fingerprint density at radius 3 is 2.59 bits per heavy atom. The number of amides is 2. The number of halogens is 2. The van der Waals surface area contributed by atoms with Gasteiger partial charge in [-0.05, 0) is 24.3 Å². The number of anilines is 1. The van der Waals surface area contributed by atoms with Crippen molar-refractivity contribution in [1.82, 2.24) is 0 Å². The Labute approximate surface area is 124 Å². The first-order valence-corrected chi connectivity index (χ1v) is 6.23. The van der Waals surface area contributed by atoms with E-state index in [1.807, 2.05) is 0 Å². The lowest BCUT2D eigenvalue weighted by Crippen LogP contribution is -2.20. The SMILES string of the molecule is NC(=O)COc1cccc(NC(=O)c2ccc(F)cc2F)c1. The maximum Gasteiger partial charge on any atom is 0.258 e. The third kappa shape index (κ3) is 4.02. The number of nitrogens with two attached hydrogens (primary N) is 1. The van der Waals surface area contributed by atoms with Gasteiger partial charge in [-0.25, -0.2) is 8.78 Å². The zero-order valence-electron chi connectivity index (χ0n) is 11.3. The Bertz CT molecular complexity index is 720.